The van der Waals surface area contributed by atoms with Gasteiger partial charge >= 0.3 is 6.18 Å². The molecule has 1 heterocycles. The van der Waals surface area contributed by atoms with Crippen LogP contribution in [-0.4, -0.2) is 10.1 Å². The quantitative estimate of drug-likeness (QED) is 0.910. The molecule has 2 rings (SSSR count). The van der Waals surface area contributed by atoms with Crippen LogP contribution in [0.2, 0.25) is 5.02 Å². The third-order valence-electron chi connectivity index (χ3n) is 2.58. The van der Waals surface area contributed by atoms with Gasteiger partial charge in [0.05, 0.1) is 16.3 Å². The van der Waals surface area contributed by atoms with Crippen molar-refractivity contribution in [1.82, 2.24) is 4.98 Å². The molecular formula is C13H9ClF3NO. The summed E-state index contributed by atoms with van der Waals surface area (Å²) in [6, 6.07) is 7.37. The second kappa shape index (κ2) is 5.19. The first-order chi connectivity index (χ1) is 8.88. The van der Waals surface area contributed by atoms with Crippen molar-refractivity contribution in [2.45, 2.75) is 12.3 Å². The van der Waals surface area contributed by atoms with Crippen molar-refractivity contribution in [1.29, 1.82) is 0 Å². The lowest BCUT2D eigenvalue weighted by Crippen LogP contribution is -2.06. The van der Waals surface area contributed by atoms with Crippen LogP contribution in [0.1, 0.15) is 22.9 Å². The first-order valence-electron chi connectivity index (χ1n) is 5.34. The molecule has 0 saturated heterocycles. The number of hydrogen-bond donors (Lipinski definition) is 1. The number of hydrogen-bond acceptors (Lipinski definition) is 2. The Labute approximate surface area is 112 Å². The molecule has 1 unspecified atom stereocenters. The number of halogens is 4. The van der Waals surface area contributed by atoms with E-state index in [4.69, 9.17) is 11.6 Å². The highest BCUT2D eigenvalue weighted by Crippen LogP contribution is 2.30. The summed E-state index contributed by atoms with van der Waals surface area (Å²) in [6.07, 6.45) is -4.11. The molecule has 6 heteroatoms. The summed E-state index contributed by atoms with van der Waals surface area (Å²) in [7, 11) is 0. The van der Waals surface area contributed by atoms with E-state index in [0.29, 0.717) is 16.3 Å². The molecule has 0 bridgehead atoms. The van der Waals surface area contributed by atoms with Gasteiger partial charge in [-0.2, -0.15) is 13.2 Å². The van der Waals surface area contributed by atoms with E-state index in [1.54, 1.807) is 6.07 Å². The van der Waals surface area contributed by atoms with Crippen LogP contribution in [0.15, 0.2) is 42.6 Å². The maximum absolute atomic E-state index is 12.4. The second-order valence-electron chi connectivity index (χ2n) is 3.92. The Morgan fingerprint density at radius 2 is 1.68 bits per heavy atom. The third kappa shape index (κ3) is 3.24. The number of aliphatic hydroxyl groups excluding tert-OH is 1. The molecule has 1 aromatic carbocycles. The van der Waals surface area contributed by atoms with Crippen molar-refractivity contribution in [3.05, 3.63) is 64.4 Å². The zero-order valence-corrected chi connectivity index (χ0v) is 10.3. The van der Waals surface area contributed by atoms with Gasteiger partial charge in [-0.25, -0.2) is 0 Å². The molecule has 1 N–H and O–H groups in total. The lowest BCUT2D eigenvalue weighted by Gasteiger charge is -2.12. The van der Waals surface area contributed by atoms with Gasteiger partial charge in [0, 0.05) is 6.20 Å². The van der Waals surface area contributed by atoms with E-state index in [0.717, 1.165) is 12.1 Å². The molecular weight excluding hydrogens is 279 g/mol. The number of alkyl halides is 3. The maximum atomic E-state index is 12.4. The van der Waals surface area contributed by atoms with Crippen molar-refractivity contribution in [3.63, 3.8) is 0 Å². The molecule has 2 nitrogen and oxygen atoms in total. The molecule has 0 aliphatic carbocycles. The highest BCUT2D eigenvalue weighted by molar-refractivity contribution is 6.30. The maximum Gasteiger partial charge on any atom is 0.416 e. The Bertz CT molecular complexity index is 552. The minimum atomic E-state index is -4.39. The van der Waals surface area contributed by atoms with E-state index in [-0.39, 0.29) is 0 Å². The van der Waals surface area contributed by atoms with Gasteiger partial charge in [0.2, 0.25) is 0 Å². The van der Waals surface area contributed by atoms with Crippen molar-refractivity contribution >= 4 is 11.6 Å². The summed E-state index contributed by atoms with van der Waals surface area (Å²) in [5.74, 6) is 0. The lowest BCUT2D eigenvalue weighted by atomic mass is 10.0. The van der Waals surface area contributed by atoms with E-state index in [9.17, 15) is 18.3 Å². The molecule has 0 spiro atoms. The van der Waals surface area contributed by atoms with Gasteiger partial charge in [0.1, 0.15) is 6.10 Å². The van der Waals surface area contributed by atoms with Gasteiger partial charge in [0.25, 0.3) is 0 Å². The smallest absolute Gasteiger partial charge is 0.382 e. The van der Waals surface area contributed by atoms with Crippen LogP contribution < -0.4 is 0 Å². The van der Waals surface area contributed by atoms with Crippen LogP contribution >= 0.6 is 11.6 Å². The zero-order valence-electron chi connectivity index (χ0n) is 9.53. The van der Waals surface area contributed by atoms with Crippen molar-refractivity contribution in [3.8, 4) is 0 Å². The first-order valence-corrected chi connectivity index (χ1v) is 5.72. The van der Waals surface area contributed by atoms with Crippen LogP contribution in [0, 0.1) is 0 Å². The predicted molar refractivity (Wildman–Crippen MR) is 64.8 cm³/mol. The molecule has 0 radical (unpaired) electrons. The fourth-order valence-corrected chi connectivity index (χ4v) is 1.69. The van der Waals surface area contributed by atoms with Gasteiger partial charge in [0.15, 0.2) is 0 Å². The predicted octanol–water partition coefficient (Wildman–Crippen LogP) is 3.84. The molecule has 0 fully saturated rings. The second-order valence-corrected chi connectivity index (χ2v) is 4.36. The summed E-state index contributed by atoms with van der Waals surface area (Å²) in [4.78, 5) is 3.92. The van der Waals surface area contributed by atoms with E-state index in [1.165, 1.54) is 24.4 Å². The summed E-state index contributed by atoms with van der Waals surface area (Å²) < 4.78 is 37.2. The van der Waals surface area contributed by atoms with Gasteiger partial charge in [-0.1, -0.05) is 23.7 Å². The fraction of sp³-hybridized carbons (Fsp3) is 0.154. The summed E-state index contributed by atoms with van der Waals surface area (Å²) in [5.41, 5.74) is -0.0977. The molecule has 0 aliphatic rings. The van der Waals surface area contributed by atoms with Gasteiger partial charge in [-0.3, -0.25) is 4.98 Å². The summed E-state index contributed by atoms with van der Waals surface area (Å²) in [5, 5.41) is 10.4. The van der Waals surface area contributed by atoms with Crippen molar-refractivity contribution in [2.75, 3.05) is 0 Å². The van der Waals surface area contributed by atoms with E-state index < -0.39 is 17.8 Å². The topological polar surface area (TPSA) is 33.1 Å². The number of benzene rings is 1. The van der Waals surface area contributed by atoms with Gasteiger partial charge in [-0.15, -0.1) is 0 Å². The minimum Gasteiger partial charge on any atom is -0.382 e. The van der Waals surface area contributed by atoms with Crippen LogP contribution in [0.25, 0.3) is 0 Å². The largest absolute Gasteiger partial charge is 0.416 e. The van der Waals surface area contributed by atoms with E-state index in [1.807, 2.05) is 0 Å². The monoisotopic (exact) mass is 287 g/mol. The number of aromatic nitrogens is 1. The molecule has 0 amide bonds. The molecule has 1 aromatic heterocycles. The lowest BCUT2D eigenvalue weighted by molar-refractivity contribution is -0.137. The molecule has 1 atom stereocenters. The highest BCUT2D eigenvalue weighted by atomic mass is 35.5. The Balaban J connectivity index is 2.25. The normalized spacial score (nSPS) is 13.3. The summed E-state index contributed by atoms with van der Waals surface area (Å²) >= 11 is 5.66. The van der Waals surface area contributed by atoms with Crippen LogP contribution in [0.4, 0.5) is 13.2 Å². The Kier molecular flexibility index (Phi) is 3.78. The van der Waals surface area contributed by atoms with E-state index in [2.05, 4.69) is 4.98 Å². The van der Waals surface area contributed by atoms with Crippen molar-refractivity contribution in [2.24, 2.45) is 0 Å². The number of aliphatic hydroxyl groups is 1. The fourth-order valence-electron chi connectivity index (χ4n) is 1.57. The van der Waals surface area contributed by atoms with Crippen molar-refractivity contribution < 1.29 is 18.3 Å². The van der Waals surface area contributed by atoms with Crippen LogP contribution in [0.3, 0.4) is 0 Å². The minimum absolute atomic E-state index is 0.323. The van der Waals surface area contributed by atoms with Crippen LogP contribution in [-0.2, 0) is 6.18 Å². The number of nitrogens with zero attached hydrogens (tertiary/aromatic N) is 1. The Morgan fingerprint density at radius 3 is 2.16 bits per heavy atom. The van der Waals surface area contributed by atoms with Gasteiger partial charge in [-0.05, 0) is 29.8 Å². The zero-order chi connectivity index (χ0) is 14.0. The molecule has 100 valence electrons. The first kappa shape index (κ1) is 13.8. The standard InChI is InChI=1S/C13H9ClF3NO/c14-10-5-6-11(18-7-10)12(19)8-1-3-9(4-2-8)13(15,16)17/h1-7,12,19H. The average Bonchev–Trinajstić information content (AvgIpc) is 2.38. The SMILES string of the molecule is OC(c1ccc(C(F)(F)F)cc1)c1ccc(Cl)cn1. The molecule has 2 aromatic rings. The molecule has 0 saturated carbocycles. The molecule has 0 aliphatic heterocycles. The van der Waals surface area contributed by atoms with Gasteiger partial charge < -0.3 is 5.11 Å². The Hall–Kier alpha value is -1.59. The number of pyridine rings is 1. The Morgan fingerprint density at radius 1 is 1.05 bits per heavy atom. The van der Waals surface area contributed by atoms with Crippen LogP contribution in [0.5, 0.6) is 0 Å². The third-order valence-corrected chi connectivity index (χ3v) is 2.81. The summed E-state index contributed by atoms with van der Waals surface area (Å²) in [6.45, 7) is 0. The number of rotatable bonds is 2. The highest BCUT2D eigenvalue weighted by Gasteiger charge is 2.30. The molecule has 19 heavy (non-hydrogen) atoms. The van der Waals surface area contributed by atoms with E-state index >= 15 is 0 Å². The average molecular weight is 288 g/mol.